The van der Waals surface area contributed by atoms with Gasteiger partial charge in [-0.2, -0.15) is 0 Å². The Bertz CT molecular complexity index is 2980. The first-order chi connectivity index (χ1) is 27.8. The maximum Gasteiger partial charge on any atom is 0.0502 e. The molecule has 0 radical (unpaired) electrons. The lowest BCUT2D eigenvalue weighted by Crippen LogP contribution is -2.30. The van der Waals surface area contributed by atoms with E-state index in [9.17, 15) is 0 Å². The summed E-state index contributed by atoms with van der Waals surface area (Å²) in [6, 6.07) is 67.5. The van der Waals surface area contributed by atoms with Crippen LogP contribution in [0.1, 0.15) is 49.9 Å². The molecule has 1 aliphatic carbocycles. The molecule has 0 fully saturated rings. The summed E-state index contributed by atoms with van der Waals surface area (Å²) in [5.74, 6) is 0. The second kappa shape index (κ2) is 12.5. The van der Waals surface area contributed by atoms with Gasteiger partial charge in [-0.15, -0.1) is 11.3 Å². The predicted molar refractivity (Wildman–Crippen MR) is 244 cm³/mol. The van der Waals surface area contributed by atoms with E-state index in [0.717, 1.165) is 17.1 Å². The van der Waals surface area contributed by atoms with Crippen molar-refractivity contribution in [3.05, 3.63) is 204 Å². The Kier molecular flexibility index (Phi) is 7.46. The molecule has 8 aromatic carbocycles. The van der Waals surface area contributed by atoms with Crippen LogP contribution in [0.4, 0.5) is 34.1 Å². The van der Waals surface area contributed by atoms with Gasteiger partial charge in [-0.25, -0.2) is 0 Å². The van der Waals surface area contributed by atoms with Gasteiger partial charge in [0.1, 0.15) is 0 Å². The van der Waals surface area contributed by atoms with Crippen molar-refractivity contribution in [3.63, 3.8) is 0 Å². The molecule has 0 amide bonds. The second-order valence-corrected chi connectivity index (χ2v) is 17.6. The van der Waals surface area contributed by atoms with E-state index in [1.54, 1.807) is 0 Å². The van der Waals surface area contributed by atoms with Crippen LogP contribution in [0.5, 0.6) is 0 Å². The molecular weight excluding hydrogens is 709 g/mol. The monoisotopic (exact) mass is 750 g/mol. The maximum atomic E-state index is 2.49. The minimum Gasteiger partial charge on any atom is -0.310 e. The number of fused-ring (bicyclic) bond motifs is 8. The van der Waals surface area contributed by atoms with Crippen LogP contribution in [0, 0.1) is 0 Å². The van der Waals surface area contributed by atoms with Crippen molar-refractivity contribution in [2.75, 3.05) is 9.80 Å². The van der Waals surface area contributed by atoms with E-state index < -0.39 is 0 Å². The number of para-hydroxylation sites is 3. The highest BCUT2D eigenvalue weighted by molar-refractivity contribution is 7.26. The van der Waals surface area contributed by atoms with Crippen LogP contribution in [0.3, 0.4) is 0 Å². The first-order valence-corrected chi connectivity index (χ1v) is 20.8. The number of anilines is 6. The predicted octanol–water partition coefficient (Wildman–Crippen LogP) is 15.6. The largest absolute Gasteiger partial charge is 0.310 e. The van der Waals surface area contributed by atoms with E-state index in [1.165, 1.54) is 81.7 Å². The van der Waals surface area contributed by atoms with Crippen molar-refractivity contribution in [2.24, 2.45) is 0 Å². The summed E-state index contributed by atoms with van der Waals surface area (Å²) in [4.78, 5) is 4.89. The molecule has 1 aliphatic heterocycles. The molecule has 0 bridgehead atoms. The van der Waals surface area contributed by atoms with Crippen LogP contribution in [0.2, 0.25) is 0 Å². The average Bonchev–Trinajstić information content (AvgIpc) is 3.73. The van der Waals surface area contributed by atoms with Gasteiger partial charge in [-0.3, -0.25) is 0 Å². The van der Waals surface area contributed by atoms with Gasteiger partial charge in [-0.1, -0.05) is 143 Å². The Morgan fingerprint density at radius 2 is 0.982 bits per heavy atom. The number of benzene rings is 8. The Balaban J connectivity index is 1.08. The summed E-state index contributed by atoms with van der Waals surface area (Å²) in [5.41, 5.74) is 17.4. The van der Waals surface area contributed by atoms with E-state index in [4.69, 9.17) is 0 Å². The van der Waals surface area contributed by atoms with Gasteiger partial charge in [0.25, 0.3) is 0 Å². The van der Waals surface area contributed by atoms with E-state index in [1.807, 2.05) is 11.3 Å². The minimum atomic E-state index is -0.120. The summed E-state index contributed by atoms with van der Waals surface area (Å²) in [6.07, 6.45) is 0. The van der Waals surface area contributed by atoms with Crippen LogP contribution in [0.25, 0.3) is 42.4 Å². The molecule has 2 nitrogen and oxygen atoms in total. The van der Waals surface area contributed by atoms with Gasteiger partial charge >= 0.3 is 0 Å². The normalized spacial score (nSPS) is 14.6. The molecule has 9 aromatic rings. The number of thiophene rings is 1. The highest BCUT2D eigenvalue weighted by atomic mass is 32.1. The van der Waals surface area contributed by atoms with Gasteiger partial charge in [0.05, 0.1) is 11.4 Å². The van der Waals surface area contributed by atoms with E-state index in [-0.39, 0.29) is 10.8 Å². The second-order valence-electron chi connectivity index (χ2n) is 16.6. The fourth-order valence-electron chi connectivity index (χ4n) is 9.76. The molecule has 0 spiro atoms. The van der Waals surface area contributed by atoms with Crippen molar-refractivity contribution < 1.29 is 0 Å². The van der Waals surface area contributed by atoms with Crippen LogP contribution < -0.4 is 9.80 Å². The topological polar surface area (TPSA) is 6.48 Å². The average molecular weight is 751 g/mol. The third-order valence-corrected chi connectivity index (χ3v) is 13.9. The molecule has 0 N–H and O–H groups in total. The Morgan fingerprint density at radius 1 is 0.421 bits per heavy atom. The molecule has 274 valence electrons. The third kappa shape index (κ3) is 5.08. The standard InChI is InChI=1S/C54H42N2S/c1-53(2)45-20-10-8-18-40(45)43-32-38(30-31-46(43)53)55(36-16-6-5-7-17-36)37-28-26-35(27-29-37)42-33-39(34-44-41-19-9-15-25-51(41)57-52(42)44)56-49-23-13-11-21-47(49)54(3,4)48-22-12-14-24-50(48)56/h5-34H,1-4H3. The summed E-state index contributed by atoms with van der Waals surface area (Å²) >= 11 is 1.89. The van der Waals surface area contributed by atoms with Gasteiger partial charge in [0.2, 0.25) is 0 Å². The third-order valence-electron chi connectivity index (χ3n) is 12.6. The molecule has 0 saturated carbocycles. The molecule has 0 unspecified atom stereocenters. The summed E-state index contributed by atoms with van der Waals surface area (Å²) in [6.45, 7) is 9.39. The molecule has 11 rings (SSSR count). The SMILES string of the molecule is CC1(C)c2ccccc2-c2cc(N(c3ccccc3)c3ccc(-c4cc(N5c6ccccc6C(C)(C)c6ccccc65)cc5c4sc4ccccc45)cc3)ccc21. The summed E-state index contributed by atoms with van der Waals surface area (Å²) < 4.78 is 2.62. The Labute approximate surface area is 338 Å². The van der Waals surface area contributed by atoms with Crippen LogP contribution in [0.15, 0.2) is 182 Å². The van der Waals surface area contributed by atoms with Crippen LogP contribution in [-0.2, 0) is 10.8 Å². The van der Waals surface area contributed by atoms with Gasteiger partial charge in [0.15, 0.2) is 0 Å². The first kappa shape index (κ1) is 33.9. The van der Waals surface area contributed by atoms with Gasteiger partial charge in [0, 0.05) is 59.3 Å². The molecule has 2 heterocycles. The van der Waals surface area contributed by atoms with Crippen molar-refractivity contribution in [1.29, 1.82) is 0 Å². The first-order valence-electron chi connectivity index (χ1n) is 19.9. The Morgan fingerprint density at radius 3 is 1.72 bits per heavy atom. The van der Waals surface area contributed by atoms with Gasteiger partial charge < -0.3 is 9.80 Å². The van der Waals surface area contributed by atoms with Crippen molar-refractivity contribution in [1.82, 2.24) is 0 Å². The highest BCUT2D eigenvalue weighted by Gasteiger charge is 2.37. The molecule has 0 saturated heterocycles. The molecule has 1 aromatic heterocycles. The van der Waals surface area contributed by atoms with Crippen LogP contribution in [-0.4, -0.2) is 0 Å². The molecule has 2 aliphatic rings. The van der Waals surface area contributed by atoms with E-state index in [0.29, 0.717) is 0 Å². The van der Waals surface area contributed by atoms with Crippen molar-refractivity contribution in [3.8, 4) is 22.3 Å². The highest BCUT2D eigenvalue weighted by Crippen LogP contribution is 2.54. The van der Waals surface area contributed by atoms with E-state index in [2.05, 4.69) is 219 Å². The zero-order chi connectivity index (χ0) is 38.5. The Hall–Kier alpha value is -6.42. The van der Waals surface area contributed by atoms with Crippen molar-refractivity contribution in [2.45, 2.75) is 38.5 Å². The number of rotatable bonds is 5. The lowest BCUT2D eigenvalue weighted by Gasteiger charge is -2.42. The fourth-order valence-corrected chi connectivity index (χ4v) is 11.0. The molecular formula is C54H42N2S. The lowest BCUT2D eigenvalue weighted by molar-refractivity contribution is 0.632. The maximum absolute atomic E-state index is 2.49. The summed E-state index contributed by atoms with van der Waals surface area (Å²) in [7, 11) is 0. The number of nitrogens with zero attached hydrogens (tertiary/aromatic N) is 2. The number of hydrogen-bond donors (Lipinski definition) is 0. The fraction of sp³-hybridized carbons (Fsp3) is 0.111. The molecule has 3 heteroatoms. The molecule has 57 heavy (non-hydrogen) atoms. The zero-order valence-electron chi connectivity index (χ0n) is 32.6. The summed E-state index contributed by atoms with van der Waals surface area (Å²) in [5, 5.41) is 2.59. The quantitative estimate of drug-likeness (QED) is 0.173. The van der Waals surface area contributed by atoms with Gasteiger partial charge in [-0.05, 0) is 106 Å². The van der Waals surface area contributed by atoms with Crippen LogP contribution >= 0.6 is 11.3 Å². The minimum absolute atomic E-state index is 0.0370. The van der Waals surface area contributed by atoms with E-state index >= 15 is 0 Å². The van der Waals surface area contributed by atoms with Crippen molar-refractivity contribution >= 4 is 65.6 Å². The smallest absolute Gasteiger partial charge is 0.0502 e. The zero-order valence-corrected chi connectivity index (χ0v) is 33.4. The molecule has 0 atom stereocenters. The lowest BCUT2D eigenvalue weighted by atomic mass is 9.73. The number of hydrogen-bond acceptors (Lipinski definition) is 3.